The zero-order chi connectivity index (χ0) is 18.3. The van der Waals surface area contributed by atoms with Gasteiger partial charge in [0.25, 0.3) is 0 Å². The van der Waals surface area contributed by atoms with Crippen molar-refractivity contribution in [3.05, 3.63) is 54.3 Å². The smallest absolute Gasteiger partial charge is 0.229 e. The highest BCUT2D eigenvalue weighted by atomic mass is 16.5. The summed E-state index contributed by atoms with van der Waals surface area (Å²) in [5.74, 6) is 1.19. The molecule has 0 saturated heterocycles. The summed E-state index contributed by atoms with van der Waals surface area (Å²) in [7, 11) is 3.18. The number of carbonyl (C=O) groups is 1. The van der Waals surface area contributed by atoms with Crippen LogP contribution < -0.4 is 14.8 Å². The molecular weight excluding hydrogens is 302 g/mol. The van der Waals surface area contributed by atoms with Crippen LogP contribution in [0.4, 0.5) is 0 Å². The maximum absolute atomic E-state index is 12.2. The molecule has 1 aromatic rings. The minimum Gasteiger partial charge on any atom is -0.493 e. The Hall–Kier alpha value is -2.49. The molecule has 4 heteroatoms. The minimum atomic E-state index is -0.494. The Morgan fingerprint density at radius 1 is 1.17 bits per heavy atom. The molecule has 1 rings (SSSR count). The van der Waals surface area contributed by atoms with Gasteiger partial charge in [0.15, 0.2) is 11.5 Å². The van der Waals surface area contributed by atoms with Crippen molar-refractivity contribution in [2.24, 2.45) is 5.41 Å². The van der Waals surface area contributed by atoms with Gasteiger partial charge in [0, 0.05) is 16.7 Å². The number of carbonyl (C=O) groups excluding carboxylic acids is 1. The molecule has 1 amide bonds. The Morgan fingerprint density at radius 3 is 2.29 bits per heavy atom. The Labute approximate surface area is 144 Å². The average Bonchev–Trinajstić information content (AvgIpc) is 2.53. The first kappa shape index (κ1) is 19.6. The topological polar surface area (TPSA) is 47.6 Å². The van der Waals surface area contributed by atoms with Gasteiger partial charge in [0.1, 0.15) is 0 Å². The van der Waals surface area contributed by atoms with Crippen LogP contribution in [0.2, 0.25) is 0 Å². The Kier molecular flexibility index (Phi) is 6.83. The zero-order valence-corrected chi connectivity index (χ0v) is 15.4. The molecule has 0 fully saturated rings. The molecule has 0 aliphatic carbocycles. The number of ether oxygens (including phenoxy) is 2. The SMILES string of the molecule is C=C(NC(=O)C(C)(C)C)/C(=C\C=C/C)c1ccc(OC)c(OC)c1. The van der Waals surface area contributed by atoms with Gasteiger partial charge in [-0.25, -0.2) is 0 Å². The molecule has 0 bridgehead atoms. The van der Waals surface area contributed by atoms with Crippen molar-refractivity contribution in [2.75, 3.05) is 14.2 Å². The lowest BCUT2D eigenvalue weighted by Crippen LogP contribution is -2.34. The number of methoxy groups -OCH3 is 2. The third-order valence-corrected chi connectivity index (χ3v) is 3.42. The molecule has 130 valence electrons. The Morgan fingerprint density at radius 2 is 1.79 bits per heavy atom. The van der Waals surface area contributed by atoms with Gasteiger partial charge in [-0.3, -0.25) is 4.79 Å². The summed E-state index contributed by atoms with van der Waals surface area (Å²) in [6.07, 6.45) is 5.73. The average molecular weight is 329 g/mol. The van der Waals surface area contributed by atoms with Crippen LogP contribution in [0.5, 0.6) is 11.5 Å². The van der Waals surface area contributed by atoms with Crippen molar-refractivity contribution < 1.29 is 14.3 Å². The standard InChI is InChI=1S/C20H27NO3/c1-8-9-10-16(14(2)21-19(22)20(3,4)5)15-11-12-17(23-6)18(13-15)24-7/h8-13H,2H2,1,3-7H3,(H,21,22)/b9-8-,16-10+. The lowest BCUT2D eigenvalue weighted by Gasteiger charge is -2.20. The molecule has 0 spiro atoms. The monoisotopic (exact) mass is 329 g/mol. The summed E-state index contributed by atoms with van der Waals surface area (Å²) < 4.78 is 10.6. The van der Waals surface area contributed by atoms with E-state index in [4.69, 9.17) is 9.47 Å². The van der Waals surface area contributed by atoms with Gasteiger partial charge in [-0.1, -0.05) is 51.6 Å². The normalized spacial score (nSPS) is 12.2. The van der Waals surface area contributed by atoms with Crippen molar-refractivity contribution >= 4 is 11.5 Å². The lowest BCUT2D eigenvalue weighted by atomic mass is 9.94. The van der Waals surface area contributed by atoms with E-state index < -0.39 is 5.41 Å². The van der Waals surface area contributed by atoms with E-state index in [9.17, 15) is 4.79 Å². The van der Waals surface area contributed by atoms with Crippen molar-refractivity contribution in [1.82, 2.24) is 5.32 Å². The molecule has 1 aromatic carbocycles. The van der Waals surface area contributed by atoms with Crippen molar-refractivity contribution in [2.45, 2.75) is 27.7 Å². The highest BCUT2D eigenvalue weighted by Gasteiger charge is 2.22. The fourth-order valence-corrected chi connectivity index (χ4v) is 1.96. The molecule has 0 aliphatic rings. The summed E-state index contributed by atoms with van der Waals surface area (Å²) in [4.78, 5) is 12.2. The van der Waals surface area contributed by atoms with Gasteiger partial charge in [-0.05, 0) is 24.6 Å². The maximum atomic E-state index is 12.2. The maximum Gasteiger partial charge on any atom is 0.229 e. The van der Waals surface area contributed by atoms with Gasteiger partial charge in [0.2, 0.25) is 5.91 Å². The first-order valence-corrected chi connectivity index (χ1v) is 7.80. The quantitative estimate of drug-likeness (QED) is 0.790. The van der Waals surface area contributed by atoms with Crippen LogP contribution >= 0.6 is 0 Å². The number of hydrogen-bond acceptors (Lipinski definition) is 3. The van der Waals surface area contributed by atoms with Crippen molar-refractivity contribution in [3.8, 4) is 11.5 Å². The van der Waals surface area contributed by atoms with E-state index >= 15 is 0 Å². The predicted octanol–water partition coefficient (Wildman–Crippen LogP) is 4.34. The molecule has 0 aromatic heterocycles. The second-order valence-electron chi connectivity index (χ2n) is 6.36. The van der Waals surface area contributed by atoms with E-state index in [-0.39, 0.29) is 5.91 Å². The first-order chi connectivity index (χ1) is 11.2. The predicted molar refractivity (Wildman–Crippen MR) is 99.1 cm³/mol. The molecular formula is C20H27NO3. The summed E-state index contributed by atoms with van der Waals surface area (Å²) >= 11 is 0. The molecule has 0 aliphatic heterocycles. The highest BCUT2D eigenvalue weighted by molar-refractivity contribution is 5.89. The number of benzene rings is 1. The van der Waals surface area contributed by atoms with Crippen LogP contribution in [-0.2, 0) is 4.79 Å². The summed E-state index contributed by atoms with van der Waals surface area (Å²) in [6.45, 7) is 11.5. The largest absolute Gasteiger partial charge is 0.493 e. The summed E-state index contributed by atoms with van der Waals surface area (Å²) in [6, 6.07) is 5.60. The van der Waals surface area contributed by atoms with Gasteiger partial charge in [0.05, 0.1) is 14.2 Å². The van der Waals surface area contributed by atoms with E-state index in [2.05, 4.69) is 11.9 Å². The molecule has 1 N–H and O–H groups in total. The molecule has 0 heterocycles. The minimum absolute atomic E-state index is 0.0839. The molecule has 4 nitrogen and oxygen atoms in total. The van der Waals surface area contributed by atoms with Gasteiger partial charge in [-0.2, -0.15) is 0 Å². The van der Waals surface area contributed by atoms with Crippen LogP contribution in [0.15, 0.2) is 48.7 Å². The molecule has 0 radical (unpaired) electrons. The number of amides is 1. The Balaban J connectivity index is 3.24. The molecule has 0 atom stereocenters. The van der Waals surface area contributed by atoms with E-state index in [1.54, 1.807) is 14.2 Å². The van der Waals surface area contributed by atoms with E-state index in [1.807, 2.05) is 64.1 Å². The lowest BCUT2D eigenvalue weighted by molar-refractivity contribution is -0.127. The zero-order valence-electron chi connectivity index (χ0n) is 15.4. The van der Waals surface area contributed by atoms with Crippen LogP contribution in [0.25, 0.3) is 5.57 Å². The van der Waals surface area contributed by atoms with Gasteiger partial charge < -0.3 is 14.8 Å². The first-order valence-electron chi connectivity index (χ1n) is 7.80. The highest BCUT2D eigenvalue weighted by Crippen LogP contribution is 2.32. The summed E-state index contributed by atoms with van der Waals surface area (Å²) in [5.41, 5.74) is 1.74. The second-order valence-corrected chi connectivity index (χ2v) is 6.36. The number of allylic oxidation sites excluding steroid dienone is 4. The molecule has 0 saturated carbocycles. The van der Waals surface area contributed by atoms with E-state index in [0.717, 1.165) is 11.1 Å². The molecule has 0 unspecified atom stereocenters. The van der Waals surface area contributed by atoms with Gasteiger partial charge in [-0.15, -0.1) is 0 Å². The van der Waals surface area contributed by atoms with Crippen LogP contribution in [0.1, 0.15) is 33.3 Å². The van der Waals surface area contributed by atoms with Crippen LogP contribution in [-0.4, -0.2) is 20.1 Å². The summed E-state index contributed by atoms with van der Waals surface area (Å²) in [5, 5.41) is 2.89. The van der Waals surface area contributed by atoms with Crippen molar-refractivity contribution in [3.63, 3.8) is 0 Å². The van der Waals surface area contributed by atoms with Crippen LogP contribution in [0.3, 0.4) is 0 Å². The third-order valence-electron chi connectivity index (χ3n) is 3.42. The number of rotatable bonds is 6. The van der Waals surface area contributed by atoms with E-state index in [0.29, 0.717) is 17.2 Å². The number of hydrogen-bond donors (Lipinski definition) is 1. The van der Waals surface area contributed by atoms with E-state index in [1.165, 1.54) is 0 Å². The molecule has 24 heavy (non-hydrogen) atoms. The van der Waals surface area contributed by atoms with Gasteiger partial charge >= 0.3 is 0 Å². The number of nitrogens with one attached hydrogen (secondary N) is 1. The Bertz CT molecular complexity index is 664. The van der Waals surface area contributed by atoms with Crippen molar-refractivity contribution in [1.29, 1.82) is 0 Å². The van der Waals surface area contributed by atoms with Crippen LogP contribution in [0, 0.1) is 5.41 Å². The second kappa shape index (κ2) is 8.39. The fourth-order valence-electron chi connectivity index (χ4n) is 1.96. The third kappa shape index (κ3) is 5.01. The fraction of sp³-hybridized carbons (Fsp3) is 0.350.